The largest absolute Gasteiger partial charge is 0.265 e. The molecule has 1 heterocycles. The van der Waals surface area contributed by atoms with Crippen LogP contribution in [0.4, 0.5) is 0 Å². The molecular formula is C16H14N2. The first-order valence-electron chi connectivity index (χ1n) is 6.23. The summed E-state index contributed by atoms with van der Waals surface area (Å²) in [5, 5.41) is 9.66. The Morgan fingerprint density at radius 2 is 1.94 bits per heavy atom. The van der Waals surface area contributed by atoms with E-state index in [0.29, 0.717) is 0 Å². The van der Waals surface area contributed by atoms with E-state index in [1.807, 2.05) is 18.2 Å². The van der Waals surface area contributed by atoms with Gasteiger partial charge in [-0.15, -0.1) is 0 Å². The Morgan fingerprint density at radius 1 is 1.17 bits per heavy atom. The molecule has 1 aliphatic carbocycles. The summed E-state index contributed by atoms with van der Waals surface area (Å²) in [6.07, 6.45) is 6.30. The summed E-state index contributed by atoms with van der Waals surface area (Å²) in [4.78, 5) is 4.03. The maximum Gasteiger partial charge on any atom is 0.0868 e. The molecule has 1 unspecified atom stereocenters. The van der Waals surface area contributed by atoms with Crippen LogP contribution in [0, 0.1) is 11.3 Å². The highest BCUT2D eigenvalue weighted by Crippen LogP contribution is 2.40. The van der Waals surface area contributed by atoms with E-state index in [0.717, 1.165) is 19.3 Å². The smallest absolute Gasteiger partial charge is 0.0868 e. The topological polar surface area (TPSA) is 36.7 Å². The Morgan fingerprint density at radius 3 is 2.72 bits per heavy atom. The second-order valence-corrected chi connectivity index (χ2v) is 4.88. The van der Waals surface area contributed by atoms with Gasteiger partial charge < -0.3 is 0 Å². The van der Waals surface area contributed by atoms with Gasteiger partial charge in [0.05, 0.1) is 11.5 Å². The van der Waals surface area contributed by atoms with Crippen LogP contribution < -0.4 is 0 Å². The fourth-order valence-corrected chi connectivity index (χ4v) is 2.88. The molecule has 18 heavy (non-hydrogen) atoms. The van der Waals surface area contributed by atoms with Crippen molar-refractivity contribution in [1.82, 2.24) is 4.98 Å². The van der Waals surface area contributed by atoms with E-state index in [1.165, 1.54) is 16.7 Å². The average molecular weight is 234 g/mol. The summed E-state index contributed by atoms with van der Waals surface area (Å²) < 4.78 is 0. The number of rotatable bonds is 2. The van der Waals surface area contributed by atoms with E-state index >= 15 is 0 Å². The van der Waals surface area contributed by atoms with Crippen molar-refractivity contribution < 1.29 is 0 Å². The van der Waals surface area contributed by atoms with Gasteiger partial charge in [-0.05, 0) is 48.1 Å². The zero-order chi connectivity index (χ0) is 12.4. The lowest BCUT2D eigenvalue weighted by Gasteiger charge is -2.22. The number of hydrogen-bond acceptors (Lipinski definition) is 2. The first-order chi connectivity index (χ1) is 8.84. The summed E-state index contributed by atoms with van der Waals surface area (Å²) in [7, 11) is 0. The molecule has 2 heteroatoms. The summed E-state index contributed by atoms with van der Waals surface area (Å²) >= 11 is 0. The minimum absolute atomic E-state index is 0.349. The molecule has 1 aliphatic rings. The highest BCUT2D eigenvalue weighted by atomic mass is 14.6. The zero-order valence-electron chi connectivity index (χ0n) is 10.1. The molecule has 0 aliphatic heterocycles. The number of aromatic nitrogens is 1. The Hall–Kier alpha value is -2.14. The van der Waals surface area contributed by atoms with Crippen LogP contribution in [0.1, 0.15) is 23.1 Å². The number of pyridine rings is 1. The third-order valence-electron chi connectivity index (χ3n) is 3.82. The van der Waals surface area contributed by atoms with Crippen molar-refractivity contribution in [2.24, 2.45) is 0 Å². The van der Waals surface area contributed by atoms with E-state index in [2.05, 4.69) is 29.3 Å². The van der Waals surface area contributed by atoms with Crippen LogP contribution in [0.3, 0.4) is 0 Å². The van der Waals surface area contributed by atoms with Gasteiger partial charge in [-0.2, -0.15) is 5.26 Å². The SMILES string of the molecule is N#CC1(Cc2ccncc2)CCc2ccccc21. The molecule has 1 atom stereocenters. The monoisotopic (exact) mass is 234 g/mol. The molecule has 1 aromatic carbocycles. The lowest BCUT2D eigenvalue weighted by atomic mass is 9.78. The van der Waals surface area contributed by atoms with Crippen molar-refractivity contribution in [3.8, 4) is 6.07 Å². The van der Waals surface area contributed by atoms with Gasteiger partial charge in [0.2, 0.25) is 0 Å². The maximum atomic E-state index is 9.66. The van der Waals surface area contributed by atoms with Gasteiger partial charge in [-0.3, -0.25) is 4.98 Å². The van der Waals surface area contributed by atoms with Crippen LogP contribution in [0.5, 0.6) is 0 Å². The molecule has 2 nitrogen and oxygen atoms in total. The van der Waals surface area contributed by atoms with Crippen LogP contribution in [0.2, 0.25) is 0 Å². The van der Waals surface area contributed by atoms with Crippen LogP contribution >= 0.6 is 0 Å². The van der Waals surface area contributed by atoms with Crippen LogP contribution in [-0.4, -0.2) is 4.98 Å². The summed E-state index contributed by atoms with van der Waals surface area (Å²) in [5.74, 6) is 0. The summed E-state index contributed by atoms with van der Waals surface area (Å²) in [5.41, 5.74) is 3.37. The van der Waals surface area contributed by atoms with Gasteiger partial charge in [-0.1, -0.05) is 24.3 Å². The lowest BCUT2D eigenvalue weighted by Crippen LogP contribution is -2.23. The van der Waals surface area contributed by atoms with E-state index in [4.69, 9.17) is 0 Å². The predicted molar refractivity (Wildman–Crippen MR) is 70.0 cm³/mol. The van der Waals surface area contributed by atoms with Gasteiger partial charge in [0.1, 0.15) is 0 Å². The average Bonchev–Trinajstić information content (AvgIpc) is 2.80. The molecule has 0 amide bonds. The highest BCUT2D eigenvalue weighted by Gasteiger charge is 2.38. The third kappa shape index (κ3) is 1.69. The normalized spacial score (nSPS) is 21.3. The Labute approximate surface area is 107 Å². The number of aryl methyl sites for hydroxylation is 1. The first-order valence-corrected chi connectivity index (χ1v) is 6.23. The highest BCUT2D eigenvalue weighted by molar-refractivity contribution is 5.45. The summed E-state index contributed by atoms with van der Waals surface area (Å²) in [6.45, 7) is 0. The number of benzene rings is 1. The second kappa shape index (κ2) is 4.27. The van der Waals surface area contributed by atoms with Gasteiger partial charge in [0.15, 0.2) is 0 Å². The lowest BCUT2D eigenvalue weighted by molar-refractivity contribution is 0.541. The van der Waals surface area contributed by atoms with Crippen molar-refractivity contribution in [3.05, 3.63) is 65.5 Å². The van der Waals surface area contributed by atoms with Crippen molar-refractivity contribution in [1.29, 1.82) is 5.26 Å². The van der Waals surface area contributed by atoms with E-state index in [1.54, 1.807) is 12.4 Å². The van der Waals surface area contributed by atoms with Crippen LogP contribution in [0.15, 0.2) is 48.8 Å². The minimum atomic E-state index is -0.349. The van der Waals surface area contributed by atoms with Crippen molar-refractivity contribution in [2.45, 2.75) is 24.7 Å². The maximum absolute atomic E-state index is 9.66. The third-order valence-corrected chi connectivity index (χ3v) is 3.82. The zero-order valence-corrected chi connectivity index (χ0v) is 10.1. The number of nitrogens with zero attached hydrogens (tertiary/aromatic N) is 2. The molecule has 88 valence electrons. The molecule has 2 aromatic rings. The van der Waals surface area contributed by atoms with Gasteiger partial charge in [0, 0.05) is 12.4 Å². The van der Waals surface area contributed by atoms with Crippen molar-refractivity contribution >= 4 is 0 Å². The fraction of sp³-hybridized carbons (Fsp3) is 0.250. The molecule has 0 bridgehead atoms. The Bertz CT molecular complexity index is 598. The molecule has 0 saturated heterocycles. The van der Waals surface area contributed by atoms with Gasteiger partial charge in [0.25, 0.3) is 0 Å². The van der Waals surface area contributed by atoms with Gasteiger partial charge in [-0.25, -0.2) is 0 Å². The number of fused-ring (bicyclic) bond motifs is 1. The standard InChI is InChI=1S/C16H14N2/c17-12-16(11-13-6-9-18-10-7-13)8-5-14-3-1-2-4-15(14)16/h1-4,6-7,9-10H,5,8,11H2. The van der Waals surface area contributed by atoms with E-state index in [9.17, 15) is 5.26 Å². The quantitative estimate of drug-likeness (QED) is 0.800. The molecule has 0 radical (unpaired) electrons. The minimum Gasteiger partial charge on any atom is -0.265 e. The molecule has 0 saturated carbocycles. The van der Waals surface area contributed by atoms with E-state index in [-0.39, 0.29) is 5.41 Å². The molecule has 0 fully saturated rings. The fourth-order valence-electron chi connectivity index (χ4n) is 2.88. The van der Waals surface area contributed by atoms with Crippen molar-refractivity contribution in [2.75, 3.05) is 0 Å². The predicted octanol–water partition coefficient (Wildman–Crippen LogP) is 3.03. The first kappa shape index (κ1) is 11.0. The van der Waals surface area contributed by atoms with Crippen LogP contribution in [-0.2, 0) is 18.3 Å². The van der Waals surface area contributed by atoms with E-state index < -0.39 is 0 Å². The molecule has 3 rings (SSSR count). The molecule has 0 N–H and O–H groups in total. The van der Waals surface area contributed by atoms with Gasteiger partial charge >= 0.3 is 0 Å². The molecule has 1 aromatic heterocycles. The summed E-state index contributed by atoms with van der Waals surface area (Å²) in [6, 6.07) is 14.9. The molecular weight excluding hydrogens is 220 g/mol. The van der Waals surface area contributed by atoms with Crippen LogP contribution in [0.25, 0.3) is 0 Å². The van der Waals surface area contributed by atoms with Crippen molar-refractivity contribution in [3.63, 3.8) is 0 Å². The number of hydrogen-bond donors (Lipinski definition) is 0. The Kier molecular flexibility index (Phi) is 2.60. The Balaban J connectivity index is 2.01. The number of nitriles is 1. The molecule has 0 spiro atoms. The second-order valence-electron chi connectivity index (χ2n) is 4.88.